The fraction of sp³-hybridized carbons (Fsp3) is 0.364. The number of amides is 1. The Morgan fingerprint density at radius 3 is 2.43 bits per heavy atom. The highest BCUT2D eigenvalue weighted by atomic mass is 16.5. The van der Waals surface area contributed by atoms with Crippen molar-refractivity contribution >= 4 is 11.6 Å². The maximum absolute atomic E-state index is 14.3. The van der Waals surface area contributed by atoms with Gasteiger partial charge in [-0.2, -0.15) is 10.2 Å². The number of aromatic nitrogens is 4. The molecular formula is C33H36N6O5. The lowest BCUT2D eigenvalue weighted by Gasteiger charge is -2.25. The van der Waals surface area contributed by atoms with E-state index in [1.54, 1.807) is 26.0 Å². The minimum atomic E-state index is -0.497. The van der Waals surface area contributed by atoms with Crippen LogP contribution in [0.25, 0.3) is 5.95 Å². The first-order valence-corrected chi connectivity index (χ1v) is 14.7. The number of hydrogen-bond acceptors (Lipinski definition) is 8. The average molecular weight is 597 g/mol. The number of nitrogens with zero attached hydrogens (tertiary/aromatic N) is 6. The molecule has 3 heterocycles. The third-order valence-electron chi connectivity index (χ3n) is 8.29. The number of benzene rings is 2. The van der Waals surface area contributed by atoms with Gasteiger partial charge >= 0.3 is 0 Å². The first-order valence-electron chi connectivity index (χ1n) is 14.7. The molecule has 2 aromatic heterocycles. The molecule has 1 unspecified atom stereocenters. The molecule has 11 nitrogen and oxygen atoms in total. The summed E-state index contributed by atoms with van der Waals surface area (Å²) in [6.45, 7) is 3.55. The Kier molecular flexibility index (Phi) is 7.94. The van der Waals surface area contributed by atoms with Crippen LogP contribution >= 0.6 is 0 Å². The molecule has 0 N–H and O–H groups in total. The SMILES string of the molecule is COc1ccc(C2=NN(C(=O)Cn3c(-n4nc(C)cc4C)nc4c(c3=O)CCCC4)C(c3cccc(OC)c3OC)C2)cc1. The molecule has 0 bridgehead atoms. The Morgan fingerprint density at radius 1 is 0.977 bits per heavy atom. The monoisotopic (exact) mass is 596 g/mol. The number of carbonyl (C=O) groups is 1. The minimum Gasteiger partial charge on any atom is -0.497 e. The van der Waals surface area contributed by atoms with Crippen LogP contribution < -0.4 is 19.8 Å². The van der Waals surface area contributed by atoms with E-state index in [0.29, 0.717) is 35.9 Å². The van der Waals surface area contributed by atoms with Crippen molar-refractivity contribution in [3.8, 4) is 23.2 Å². The van der Waals surface area contributed by atoms with Gasteiger partial charge in [0.1, 0.15) is 12.3 Å². The molecule has 11 heteroatoms. The van der Waals surface area contributed by atoms with Gasteiger partial charge in [0.2, 0.25) is 5.95 Å². The summed E-state index contributed by atoms with van der Waals surface area (Å²) in [6, 6.07) is 14.6. The van der Waals surface area contributed by atoms with E-state index >= 15 is 0 Å². The largest absolute Gasteiger partial charge is 0.497 e. The predicted octanol–water partition coefficient (Wildman–Crippen LogP) is 4.33. The van der Waals surface area contributed by atoms with Gasteiger partial charge in [-0.05, 0) is 81.5 Å². The molecule has 0 spiro atoms. The van der Waals surface area contributed by atoms with Crippen LogP contribution in [0.1, 0.15) is 59.1 Å². The molecule has 0 fully saturated rings. The molecule has 1 aliphatic carbocycles. The van der Waals surface area contributed by atoms with Crippen LogP contribution in [-0.2, 0) is 24.2 Å². The Labute approximate surface area is 255 Å². The highest BCUT2D eigenvalue weighted by molar-refractivity contribution is 6.03. The van der Waals surface area contributed by atoms with Crippen LogP contribution in [0.2, 0.25) is 0 Å². The van der Waals surface area contributed by atoms with E-state index in [4.69, 9.17) is 24.3 Å². The van der Waals surface area contributed by atoms with Crippen LogP contribution in [0.4, 0.5) is 0 Å². The molecule has 1 atom stereocenters. The van der Waals surface area contributed by atoms with Gasteiger partial charge in [0.25, 0.3) is 11.5 Å². The Bertz CT molecular complexity index is 1810. The summed E-state index contributed by atoms with van der Waals surface area (Å²) < 4.78 is 19.8. The van der Waals surface area contributed by atoms with Crippen molar-refractivity contribution < 1.29 is 19.0 Å². The second-order valence-electron chi connectivity index (χ2n) is 11.1. The van der Waals surface area contributed by atoms with Crippen LogP contribution in [0.15, 0.2) is 58.4 Å². The standard InChI is InChI=1S/C33H36N6O5/c1-20-17-21(2)38(35-20)33-34-26-11-7-6-9-24(26)32(41)37(33)19-30(40)39-28(25-10-8-12-29(43-4)31(25)44-5)18-27(36-39)22-13-15-23(42-3)16-14-22/h8,10,12-17,28H,6-7,9,11,18-19H2,1-5H3. The predicted molar refractivity (Wildman–Crippen MR) is 165 cm³/mol. The first-order chi connectivity index (χ1) is 21.3. The van der Waals surface area contributed by atoms with Gasteiger partial charge in [-0.1, -0.05) is 12.1 Å². The summed E-state index contributed by atoms with van der Waals surface area (Å²) in [6.07, 6.45) is 3.68. The molecule has 0 saturated heterocycles. The van der Waals surface area contributed by atoms with Crippen LogP contribution in [0.3, 0.4) is 0 Å². The molecule has 4 aromatic rings. The van der Waals surface area contributed by atoms with Crippen LogP contribution in [0, 0.1) is 13.8 Å². The Balaban J connectivity index is 1.45. The summed E-state index contributed by atoms with van der Waals surface area (Å²) in [7, 11) is 4.77. The number of carbonyl (C=O) groups excluding carboxylic acids is 1. The molecule has 44 heavy (non-hydrogen) atoms. The number of hydrazone groups is 1. The lowest BCUT2D eigenvalue weighted by molar-refractivity contribution is -0.133. The van der Waals surface area contributed by atoms with Gasteiger partial charge in [-0.3, -0.25) is 14.2 Å². The third-order valence-corrected chi connectivity index (χ3v) is 8.29. The molecule has 6 rings (SSSR count). The van der Waals surface area contributed by atoms with E-state index in [-0.39, 0.29) is 18.0 Å². The molecule has 228 valence electrons. The van der Waals surface area contributed by atoms with Crippen molar-refractivity contribution in [2.45, 2.75) is 58.5 Å². The number of hydrogen-bond donors (Lipinski definition) is 0. The second kappa shape index (κ2) is 12.0. The van der Waals surface area contributed by atoms with E-state index in [9.17, 15) is 9.59 Å². The zero-order valence-corrected chi connectivity index (χ0v) is 25.7. The second-order valence-corrected chi connectivity index (χ2v) is 11.1. The third kappa shape index (κ3) is 5.23. The van der Waals surface area contributed by atoms with Crippen LogP contribution in [0.5, 0.6) is 17.2 Å². The zero-order chi connectivity index (χ0) is 31.0. The summed E-state index contributed by atoms with van der Waals surface area (Å²) >= 11 is 0. The summed E-state index contributed by atoms with van der Waals surface area (Å²) in [5.41, 5.74) is 5.21. The molecule has 1 amide bonds. The molecular weight excluding hydrogens is 560 g/mol. The highest BCUT2D eigenvalue weighted by Crippen LogP contribution is 2.42. The van der Waals surface area contributed by atoms with E-state index < -0.39 is 6.04 Å². The van der Waals surface area contributed by atoms with Gasteiger partial charge in [-0.25, -0.2) is 14.7 Å². The number of aryl methyl sites for hydroxylation is 3. The van der Waals surface area contributed by atoms with Crippen molar-refractivity contribution in [2.24, 2.45) is 5.10 Å². The van der Waals surface area contributed by atoms with Crippen molar-refractivity contribution in [2.75, 3.05) is 21.3 Å². The van der Waals surface area contributed by atoms with Gasteiger partial charge in [0, 0.05) is 23.2 Å². The van der Waals surface area contributed by atoms with Crippen molar-refractivity contribution in [3.05, 3.63) is 92.7 Å². The Morgan fingerprint density at radius 2 is 1.75 bits per heavy atom. The zero-order valence-electron chi connectivity index (χ0n) is 25.7. The summed E-state index contributed by atoms with van der Waals surface area (Å²) in [5.74, 6) is 1.79. The molecule has 0 radical (unpaired) electrons. The average Bonchev–Trinajstić information content (AvgIpc) is 3.64. The van der Waals surface area contributed by atoms with E-state index in [1.165, 1.54) is 9.58 Å². The number of ether oxygens (including phenoxy) is 3. The minimum absolute atomic E-state index is 0.209. The number of para-hydroxylation sites is 1. The van der Waals surface area contributed by atoms with Crippen LogP contribution in [-0.4, -0.2) is 57.3 Å². The van der Waals surface area contributed by atoms with Gasteiger partial charge in [-0.15, -0.1) is 0 Å². The van der Waals surface area contributed by atoms with Crippen molar-refractivity contribution in [1.29, 1.82) is 0 Å². The smallest absolute Gasteiger partial charge is 0.263 e. The Hall–Kier alpha value is -4.93. The van der Waals surface area contributed by atoms with E-state index in [1.807, 2.05) is 62.4 Å². The fourth-order valence-corrected chi connectivity index (χ4v) is 6.14. The number of fused-ring (bicyclic) bond motifs is 1. The lowest BCUT2D eigenvalue weighted by Crippen LogP contribution is -2.38. The maximum Gasteiger partial charge on any atom is 0.263 e. The summed E-state index contributed by atoms with van der Waals surface area (Å²) in [4.78, 5) is 33.2. The fourth-order valence-electron chi connectivity index (χ4n) is 6.14. The highest BCUT2D eigenvalue weighted by Gasteiger charge is 2.36. The number of methoxy groups -OCH3 is 3. The molecule has 2 aliphatic rings. The van der Waals surface area contributed by atoms with Gasteiger partial charge in [0.05, 0.1) is 44.5 Å². The molecule has 0 saturated carbocycles. The normalized spacial score (nSPS) is 16.0. The van der Waals surface area contributed by atoms with E-state index in [0.717, 1.165) is 58.9 Å². The van der Waals surface area contributed by atoms with E-state index in [2.05, 4.69) is 5.10 Å². The summed E-state index contributed by atoms with van der Waals surface area (Å²) in [5, 5.41) is 10.9. The topological polar surface area (TPSA) is 113 Å². The molecule has 2 aromatic carbocycles. The maximum atomic E-state index is 14.3. The van der Waals surface area contributed by atoms with Crippen molar-refractivity contribution in [1.82, 2.24) is 24.3 Å². The van der Waals surface area contributed by atoms with Gasteiger partial charge < -0.3 is 14.2 Å². The number of rotatable bonds is 8. The molecule has 1 aliphatic heterocycles. The lowest BCUT2D eigenvalue weighted by atomic mass is 9.97. The van der Waals surface area contributed by atoms with Crippen molar-refractivity contribution in [3.63, 3.8) is 0 Å². The first kappa shape index (κ1) is 29.2. The quantitative estimate of drug-likeness (QED) is 0.298. The van der Waals surface area contributed by atoms with Gasteiger partial charge in [0.15, 0.2) is 11.5 Å².